The van der Waals surface area contributed by atoms with Gasteiger partial charge in [-0.05, 0) is 34.6 Å². The minimum absolute atomic E-state index is 0.0137. The summed E-state index contributed by atoms with van der Waals surface area (Å²) in [4.78, 5) is 11.7. The van der Waals surface area contributed by atoms with E-state index in [4.69, 9.17) is 0 Å². The van der Waals surface area contributed by atoms with Crippen molar-refractivity contribution in [2.75, 3.05) is 13.2 Å². The first-order valence-corrected chi connectivity index (χ1v) is 7.56. The fourth-order valence-corrected chi connectivity index (χ4v) is 2.05. The largest absolute Gasteiger partial charge is 0.464 e. The lowest BCUT2D eigenvalue weighted by Crippen LogP contribution is -2.49. The smallest absolute Gasteiger partial charge is 0.411 e. The number of alkyl halides is 3. The highest BCUT2D eigenvalue weighted by molar-refractivity contribution is 7.84. The number of ether oxygens (including phenoxy) is 2. The zero-order valence-corrected chi connectivity index (χ0v) is 13.6. The summed E-state index contributed by atoms with van der Waals surface area (Å²) < 4.78 is 59.8. The second-order valence-corrected chi connectivity index (χ2v) is 7.38. The molecule has 5 nitrogen and oxygen atoms in total. The lowest BCUT2D eigenvalue weighted by molar-refractivity contribution is -0.196. The number of hydrogen-bond donors (Lipinski definition) is 1. The summed E-state index contributed by atoms with van der Waals surface area (Å²) in [5, 5.41) is 0. The third kappa shape index (κ3) is 8.37. The van der Waals surface area contributed by atoms with E-state index in [2.05, 4.69) is 14.2 Å². The Bertz CT molecular complexity index is 368. The van der Waals surface area contributed by atoms with Gasteiger partial charge in [-0.3, -0.25) is 0 Å². The van der Waals surface area contributed by atoms with Gasteiger partial charge in [0.15, 0.2) is 6.10 Å². The lowest BCUT2D eigenvalue weighted by atomic mass is 10.2. The third-order valence-electron chi connectivity index (χ3n) is 2.25. The summed E-state index contributed by atoms with van der Waals surface area (Å²) in [5.74, 6) is -0.923. The summed E-state index contributed by atoms with van der Waals surface area (Å²) in [6.07, 6.45) is -6.05. The Morgan fingerprint density at radius 1 is 1.29 bits per heavy atom. The van der Waals surface area contributed by atoms with Gasteiger partial charge in [-0.15, -0.1) is 0 Å². The Hall–Kier alpha value is -0.670. The maximum atomic E-state index is 12.2. The van der Waals surface area contributed by atoms with Crippen LogP contribution in [-0.4, -0.2) is 46.5 Å². The number of nitrogens with one attached hydrogen (secondary N) is 1. The normalized spacial score (nSPS) is 17.1. The summed E-state index contributed by atoms with van der Waals surface area (Å²) in [5.41, 5.74) is 0. The Morgan fingerprint density at radius 2 is 1.81 bits per heavy atom. The van der Waals surface area contributed by atoms with Gasteiger partial charge in [-0.2, -0.15) is 13.2 Å². The topological polar surface area (TPSA) is 64.6 Å². The van der Waals surface area contributed by atoms with Crippen LogP contribution in [0.1, 0.15) is 34.6 Å². The monoisotopic (exact) mass is 333 g/mol. The standard InChI is InChI=1S/C12H22F3NO4S/c1-6-19-10(17)9(20-7-12(13,14)15)8(2)16-21(18)11(3,4)5/h8-9,16H,6-7H2,1-5H3/t8?,9?,21-/m1/s1. The molecule has 0 spiro atoms. The van der Waals surface area contributed by atoms with Crippen LogP contribution in [0.5, 0.6) is 0 Å². The minimum atomic E-state index is -4.56. The quantitative estimate of drug-likeness (QED) is 0.723. The van der Waals surface area contributed by atoms with E-state index in [1.807, 2.05) is 0 Å². The molecule has 1 N–H and O–H groups in total. The minimum Gasteiger partial charge on any atom is -0.464 e. The average Bonchev–Trinajstić information content (AvgIpc) is 2.26. The molecule has 21 heavy (non-hydrogen) atoms. The maximum absolute atomic E-state index is 12.2. The Balaban J connectivity index is 4.86. The van der Waals surface area contributed by atoms with Gasteiger partial charge in [-0.1, -0.05) is 0 Å². The summed E-state index contributed by atoms with van der Waals surface area (Å²) in [6.45, 7) is 6.46. The molecule has 0 aromatic rings. The van der Waals surface area contributed by atoms with Gasteiger partial charge >= 0.3 is 12.1 Å². The van der Waals surface area contributed by atoms with E-state index < -0.39 is 46.6 Å². The van der Waals surface area contributed by atoms with E-state index >= 15 is 0 Å². The lowest BCUT2D eigenvalue weighted by Gasteiger charge is -2.27. The van der Waals surface area contributed by atoms with E-state index in [0.29, 0.717) is 0 Å². The van der Waals surface area contributed by atoms with E-state index in [1.54, 1.807) is 20.8 Å². The van der Waals surface area contributed by atoms with Crippen LogP contribution in [0.2, 0.25) is 0 Å². The van der Waals surface area contributed by atoms with Crippen molar-refractivity contribution in [3.05, 3.63) is 0 Å². The van der Waals surface area contributed by atoms with E-state index in [0.717, 1.165) is 0 Å². The van der Waals surface area contributed by atoms with Crippen LogP contribution >= 0.6 is 0 Å². The van der Waals surface area contributed by atoms with Crippen molar-refractivity contribution in [3.63, 3.8) is 0 Å². The van der Waals surface area contributed by atoms with Crippen molar-refractivity contribution >= 4 is 17.0 Å². The molecular formula is C12H22F3NO4S. The van der Waals surface area contributed by atoms with Crippen molar-refractivity contribution < 1.29 is 31.6 Å². The van der Waals surface area contributed by atoms with Gasteiger partial charge in [0, 0.05) is 0 Å². The van der Waals surface area contributed by atoms with Crippen molar-refractivity contribution in [1.82, 2.24) is 4.72 Å². The SMILES string of the molecule is CCOC(=O)C(OCC(F)(F)F)C(C)N[S@](=O)C(C)(C)C. The van der Waals surface area contributed by atoms with Crippen LogP contribution in [0.25, 0.3) is 0 Å². The molecule has 0 bridgehead atoms. The third-order valence-corrected chi connectivity index (χ3v) is 3.95. The molecule has 0 aromatic carbocycles. The Labute approximate surface area is 125 Å². The molecule has 2 unspecified atom stereocenters. The molecule has 126 valence electrons. The van der Waals surface area contributed by atoms with Crippen LogP contribution in [0.3, 0.4) is 0 Å². The molecule has 9 heteroatoms. The summed E-state index contributed by atoms with van der Waals surface area (Å²) >= 11 is 0. The van der Waals surface area contributed by atoms with Crippen molar-refractivity contribution in [2.24, 2.45) is 0 Å². The van der Waals surface area contributed by atoms with Crippen molar-refractivity contribution in [3.8, 4) is 0 Å². The number of rotatable bonds is 7. The van der Waals surface area contributed by atoms with Gasteiger partial charge in [0.05, 0.1) is 28.4 Å². The molecule has 0 rings (SSSR count). The zero-order chi connectivity index (χ0) is 16.8. The highest BCUT2D eigenvalue weighted by Gasteiger charge is 2.36. The van der Waals surface area contributed by atoms with Gasteiger partial charge in [-0.25, -0.2) is 13.7 Å². The number of esters is 1. The first-order valence-electron chi connectivity index (χ1n) is 6.41. The number of halogens is 3. The van der Waals surface area contributed by atoms with Crippen molar-refractivity contribution in [1.29, 1.82) is 0 Å². The average molecular weight is 333 g/mol. The van der Waals surface area contributed by atoms with Crippen LogP contribution in [-0.2, 0) is 25.3 Å². The molecule has 0 saturated carbocycles. The maximum Gasteiger partial charge on any atom is 0.411 e. The molecule has 0 radical (unpaired) electrons. The van der Waals surface area contributed by atoms with Crippen LogP contribution in [0, 0.1) is 0 Å². The van der Waals surface area contributed by atoms with Crippen LogP contribution in [0.15, 0.2) is 0 Å². The van der Waals surface area contributed by atoms with Gasteiger partial charge in [0.1, 0.15) is 6.61 Å². The molecule has 0 aliphatic rings. The van der Waals surface area contributed by atoms with Gasteiger partial charge in [0.25, 0.3) is 0 Å². The van der Waals surface area contributed by atoms with E-state index in [9.17, 15) is 22.2 Å². The Kier molecular flexibility index (Phi) is 7.83. The second-order valence-electron chi connectivity index (χ2n) is 5.39. The summed E-state index contributed by atoms with van der Waals surface area (Å²) in [6, 6.07) is -0.897. The highest BCUT2D eigenvalue weighted by atomic mass is 32.2. The molecule has 0 amide bonds. The van der Waals surface area contributed by atoms with Gasteiger partial charge < -0.3 is 9.47 Å². The molecule has 0 aromatic heterocycles. The fraction of sp³-hybridized carbons (Fsp3) is 0.917. The van der Waals surface area contributed by atoms with Crippen LogP contribution in [0.4, 0.5) is 13.2 Å². The van der Waals surface area contributed by atoms with Crippen LogP contribution < -0.4 is 4.72 Å². The second kappa shape index (κ2) is 8.09. The van der Waals surface area contributed by atoms with E-state index in [-0.39, 0.29) is 6.61 Å². The van der Waals surface area contributed by atoms with E-state index in [1.165, 1.54) is 13.8 Å². The summed E-state index contributed by atoms with van der Waals surface area (Å²) in [7, 11) is -1.55. The molecule has 0 aliphatic heterocycles. The molecule has 0 heterocycles. The molecule has 0 aliphatic carbocycles. The first kappa shape index (κ1) is 20.3. The first-order chi connectivity index (χ1) is 9.38. The fourth-order valence-electron chi connectivity index (χ4n) is 1.23. The van der Waals surface area contributed by atoms with Gasteiger partial charge in [0.2, 0.25) is 0 Å². The Morgan fingerprint density at radius 3 is 2.19 bits per heavy atom. The predicted octanol–water partition coefficient (Wildman–Crippen LogP) is 1.94. The molecule has 0 saturated heterocycles. The number of carbonyl (C=O) groups excluding carboxylic acids is 1. The highest BCUT2D eigenvalue weighted by Crippen LogP contribution is 2.18. The number of carbonyl (C=O) groups is 1. The zero-order valence-electron chi connectivity index (χ0n) is 12.7. The molecule has 3 atom stereocenters. The molecular weight excluding hydrogens is 311 g/mol. The molecule has 0 fully saturated rings. The number of hydrogen-bond acceptors (Lipinski definition) is 4. The van der Waals surface area contributed by atoms with Crippen molar-refractivity contribution in [2.45, 2.75) is 57.7 Å². The predicted molar refractivity (Wildman–Crippen MR) is 72.9 cm³/mol.